The molecule has 1 aliphatic carbocycles. The van der Waals surface area contributed by atoms with Crippen LogP contribution in [0.2, 0.25) is 0 Å². The van der Waals surface area contributed by atoms with Crippen molar-refractivity contribution in [3.05, 3.63) is 22.4 Å². The van der Waals surface area contributed by atoms with Crippen molar-refractivity contribution in [3.8, 4) is 0 Å². The van der Waals surface area contributed by atoms with E-state index in [0.717, 1.165) is 12.8 Å². The lowest BCUT2D eigenvalue weighted by molar-refractivity contribution is 0.0968. The van der Waals surface area contributed by atoms with Crippen LogP contribution in [0.25, 0.3) is 0 Å². The molecule has 0 spiro atoms. The van der Waals surface area contributed by atoms with Gasteiger partial charge in [-0.25, -0.2) is 4.79 Å². The average Bonchev–Trinajstić information content (AvgIpc) is 2.80. The summed E-state index contributed by atoms with van der Waals surface area (Å²) in [5, 5.41) is 6.75. The second-order valence-electron chi connectivity index (χ2n) is 3.18. The highest BCUT2D eigenvalue weighted by molar-refractivity contribution is 7.12. The molecule has 0 radical (unpaired) electrons. The molecule has 5 heteroatoms. The van der Waals surface area contributed by atoms with E-state index in [1.807, 2.05) is 0 Å². The van der Waals surface area contributed by atoms with Gasteiger partial charge in [-0.05, 0) is 24.3 Å². The van der Waals surface area contributed by atoms with Crippen molar-refractivity contribution in [2.24, 2.45) is 0 Å². The molecule has 74 valence electrons. The molecule has 0 atom stereocenters. The molecule has 3 amide bonds. The van der Waals surface area contributed by atoms with Gasteiger partial charge in [-0.15, -0.1) is 11.3 Å². The Kier molecular flexibility index (Phi) is 2.49. The van der Waals surface area contributed by atoms with Crippen molar-refractivity contribution >= 4 is 23.3 Å². The number of nitrogens with one attached hydrogen (secondary N) is 2. The van der Waals surface area contributed by atoms with E-state index in [-0.39, 0.29) is 11.9 Å². The number of rotatable bonds is 2. The second-order valence-corrected chi connectivity index (χ2v) is 4.13. The molecule has 0 bridgehead atoms. The highest BCUT2D eigenvalue weighted by Gasteiger charge is 2.24. The number of amides is 3. The van der Waals surface area contributed by atoms with Crippen molar-refractivity contribution in [1.82, 2.24) is 10.6 Å². The van der Waals surface area contributed by atoms with E-state index in [9.17, 15) is 9.59 Å². The van der Waals surface area contributed by atoms with Gasteiger partial charge in [0.05, 0.1) is 4.88 Å². The number of hydrogen-bond acceptors (Lipinski definition) is 3. The van der Waals surface area contributed by atoms with Crippen LogP contribution >= 0.6 is 11.3 Å². The van der Waals surface area contributed by atoms with E-state index in [2.05, 4.69) is 10.6 Å². The van der Waals surface area contributed by atoms with E-state index in [1.54, 1.807) is 17.5 Å². The summed E-state index contributed by atoms with van der Waals surface area (Å²) in [6.07, 6.45) is 2.03. The van der Waals surface area contributed by atoms with Crippen molar-refractivity contribution in [3.63, 3.8) is 0 Å². The van der Waals surface area contributed by atoms with Crippen molar-refractivity contribution in [2.75, 3.05) is 0 Å². The first kappa shape index (κ1) is 9.21. The van der Waals surface area contributed by atoms with Crippen LogP contribution in [0.4, 0.5) is 4.79 Å². The summed E-state index contributed by atoms with van der Waals surface area (Å²) < 4.78 is 0. The van der Waals surface area contributed by atoms with E-state index < -0.39 is 6.03 Å². The van der Waals surface area contributed by atoms with E-state index in [4.69, 9.17) is 0 Å². The molecule has 4 nitrogen and oxygen atoms in total. The van der Waals surface area contributed by atoms with Gasteiger partial charge in [-0.1, -0.05) is 6.07 Å². The van der Waals surface area contributed by atoms with Crippen LogP contribution in [0.1, 0.15) is 22.5 Å². The number of thiophene rings is 1. The molecular formula is C9H10N2O2S. The summed E-state index contributed by atoms with van der Waals surface area (Å²) in [5.74, 6) is -0.335. The van der Waals surface area contributed by atoms with Crippen LogP contribution in [0.3, 0.4) is 0 Å². The minimum Gasteiger partial charge on any atom is -0.335 e. The fraction of sp³-hybridized carbons (Fsp3) is 0.333. The van der Waals surface area contributed by atoms with Gasteiger partial charge >= 0.3 is 6.03 Å². The van der Waals surface area contributed by atoms with Crippen LogP contribution < -0.4 is 10.6 Å². The lowest BCUT2D eigenvalue weighted by Crippen LogP contribution is -2.40. The van der Waals surface area contributed by atoms with Gasteiger partial charge in [0.15, 0.2) is 0 Å². The third-order valence-electron chi connectivity index (χ3n) is 1.88. The summed E-state index contributed by atoms with van der Waals surface area (Å²) in [6.45, 7) is 0. The molecule has 1 saturated carbocycles. The molecule has 14 heavy (non-hydrogen) atoms. The number of urea groups is 1. The Morgan fingerprint density at radius 1 is 1.43 bits per heavy atom. The van der Waals surface area contributed by atoms with Gasteiger partial charge in [0.25, 0.3) is 5.91 Å². The van der Waals surface area contributed by atoms with Gasteiger partial charge in [0.1, 0.15) is 0 Å². The molecule has 1 aromatic heterocycles. The fourth-order valence-electron chi connectivity index (χ4n) is 1.02. The van der Waals surface area contributed by atoms with Crippen LogP contribution in [0.15, 0.2) is 17.5 Å². The van der Waals surface area contributed by atoms with Crippen molar-refractivity contribution < 1.29 is 9.59 Å². The Morgan fingerprint density at radius 2 is 2.21 bits per heavy atom. The molecular weight excluding hydrogens is 200 g/mol. The molecule has 1 aromatic rings. The molecule has 0 aliphatic heterocycles. The van der Waals surface area contributed by atoms with E-state index in [0.29, 0.717) is 4.88 Å². The molecule has 0 unspecified atom stereocenters. The maximum absolute atomic E-state index is 11.4. The van der Waals surface area contributed by atoms with E-state index >= 15 is 0 Å². The standard InChI is InChI=1S/C9H10N2O2S/c12-8(7-2-1-5-14-7)11-9(13)10-6-3-4-6/h1-2,5-6H,3-4H2,(H2,10,11,12,13). The van der Waals surface area contributed by atoms with Crippen molar-refractivity contribution in [2.45, 2.75) is 18.9 Å². The Balaban J connectivity index is 1.84. The Bertz CT molecular complexity index is 344. The van der Waals surface area contributed by atoms with Gasteiger partial charge in [0.2, 0.25) is 0 Å². The lowest BCUT2D eigenvalue weighted by atomic mass is 10.4. The van der Waals surface area contributed by atoms with E-state index in [1.165, 1.54) is 11.3 Å². The monoisotopic (exact) mass is 210 g/mol. The zero-order valence-corrected chi connectivity index (χ0v) is 8.26. The summed E-state index contributed by atoms with van der Waals surface area (Å²) in [6, 6.07) is 3.33. The first-order valence-corrected chi connectivity index (χ1v) is 5.29. The maximum atomic E-state index is 11.4. The summed E-state index contributed by atoms with van der Waals surface area (Å²) in [5.41, 5.74) is 0. The normalized spacial score (nSPS) is 14.9. The minimum absolute atomic E-state index is 0.270. The zero-order chi connectivity index (χ0) is 9.97. The van der Waals surface area contributed by atoms with Crippen LogP contribution in [-0.2, 0) is 0 Å². The lowest BCUT2D eigenvalue weighted by Gasteiger charge is -2.03. The SMILES string of the molecule is O=C(NC(=O)c1cccs1)NC1CC1. The van der Waals surface area contributed by atoms with Crippen LogP contribution in [0, 0.1) is 0 Å². The predicted octanol–water partition coefficient (Wildman–Crippen LogP) is 1.35. The number of carbonyl (C=O) groups excluding carboxylic acids is 2. The van der Waals surface area contributed by atoms with Gasteiger partial charge in [-0.3, -0.25) is 10.1 Å². The van der Waals surface area contributed by atoms with Crippen LogP contribution in [-0.4, -0.2) is 18.0 Å². The molecule has 1 heterocycles. The summed E-state index contributed by atoms with van der Waals surface area (Å²) >= 11 is 1.32. The smallest absolute Gasteiger partial charge is 0.321 e. The fourth-order valence-corrected chi connectivity index (χ4v) is 1.64. The minimum atomic E-state index is -0.397. The Labute approximate surface area is 85.3 Å². The molecule has 0 saturated heterocycles. The summed E-state index contributed by atoms with van der Waals surface area (Å²) in [4.78, 5) is 23.1. The number of imide groups is 1. The van der Waals surface area contributed by atoms with Gasteiger partial charge in [0, 0.05) is 6.04 Å². The largest absolute Gasteiger partial charge is 0.335 e. The number of hydrogen-bond donors (Lipinski definition) is 2. The molecule has 1 fully saturated rings. The second kappa shape index (κ2) is 3.79. The topological polar surface area (TPSA) is 58.2 Å². The molecule has 2 rings (SSSR count). The Hall–Kier alpha value is -1.36. The quantitative estimate of drug-likeness (QED) is 0.774. The third-order valence-corrected chi connectivity index (χ3v) is 2.75. The third kappa shape index (κ3) is 2.32. The molecule has 2 N–H and O–H groups in total. The van der Waals surface area contributed by atoms with Crippen molar-refractivity contribution in [1.29, 1.82) is 0 Å². The highest BCUT2D eigenvalue weighted by Crippen LogP contribution is 2.18. The zero-order valence-electron chi connectivity index (χ0n) is 7.45. The highest BCUT2D eigenvalue weighted by atomic mass is 32.1. The Morgan fingerprint density at radius 3 is 2.79 bits per heavy atom. The molecule has 0 aromatic carbocycles. The predicted molar refractivity (Wildman–Crippen MR) is 53.3 cm³/mol. The summed E-state index contributed by atoms with van der Waals surface area (Å²) in [7, 11) is 0. The molecule has 1 aliphatic rings. The first-order valence-electron chi connectivity index (χ1n) is 4.41. The van der Waals surface area contributed by atoms with Crippen LogP contribution in [0.5, 0.6) is 0 Å². The first-order chi connectivity index (χ1) is 6.75. The number of carbonyl (C=O) groups is 2. The van der Waals surface area contributed by atoms with Gasteiger partial charge in [-0.2, -0.15) is 0 Å². The van der Waals surface area contributed by atoms with Gasteiger partial charge < -0.3 is 5.32 Å². The average molecular weight is 210 g/mol. The maximum Gasteiger partial charge on any atom is 0.321 e.